The molecule has 1 N–H and O–H groups in total. The number of carbonyl (C=O) groups excluding carboxylic acids is 1. The molecule has 0 unspecified atom stereocenters. The number of rotatable bonds is 6. The summed E-state index contributed by atoms with van der Waals surface area (Å²) in [5.41, 5.74) is 1.11. The molecule has 0 aliphatic carbocycles. The normalized spacial score (nSPS) is 11.5. The zero-order valence-corrected chi connectivity index (χ0v) is 12.6. The first-order valence-corrected chi connectivity index (χ1v) is 6.76. The van der Waals surface area contributed by atoms with Crippen molar-refractivity contribution >= 4 is 5.91 Å². The predicted molar refractivity (Wildman–Crippen MR) is 78.5 cm³/mol. The highest BCUT2D eigenvalue weighted by Gasteiger charge is 2.21. The highest BCUT2D eigenvalue weighted by molar-refractivity contribution is 5.76. The van der Waals surface area contributed by atoms with E-state index < -0.39 is 0 Å². The van der Waals surface area contributed by atoms with Crippen molar-refractivity contribution < 1.29 is 9.53 Å². The topological polar surface area (TPSA) is 38.3 Å². The van der Waals surface area contributed by atoms with Crippen LogP contribution < -0.4 is 10.1 Å². The fourth-order valence-electron chi connectivity index (χ4n) is 1.91. The Hall–Kier alpha value is -1.51. The molecule has 0 saturated heterocycles. The number of ether oxygens (including phenoxy) is 1. The van der Waals surface area contributed by atoms with E-state index in [2.05, 4.69) is 19.2 Å². The molecule has 0 aliphatic heterocycles. The van der Waals surface area contributed by atoms with Crippen LogP contribution in [0.2, 0.25) is 0 Å². The van der Waals surface area contributed by atoms with E-state index in [1.807, 2.05) is 38.1 Å². The van der Waals surface area contributed by atoms with Crippen LogP contribution in [0.5, 0.6) is 5.75 Å². The molecular weight excluding hydrogens is 238 g/mol. The van der Waals surface area contributed by atoms with E-state index in [9.17, 15) is 4.79 Å². The Balaban J connectivity index is 2.61. The minimum absolute atomic E-state index is 0.0844. The highest BCUT2D eigenvalue weighted by atomic mass is 16.5. The van der Waals surface area contributed by atoms with Gasteiger partial charge < -0.3 is 10.1 Å². The SMILES string of the molecule is COc1ccc(C(C)(C)CNC(=O)CC(C)C)cc1. The Kier molecular flexibility index (Phi) is 5.40. The van der Waals surface area contributed by atoms with Gasteiger partial charge >= 0.3 is 0 Å². The molecule has 106 valence electrons. The van der Waals surface area contributed by atoms with Crippen molar-refractivity contribution in [2.24, 2.45) is 5.92 Å². The van der Waals surface area contributed by atoms with Gasteiger partial charge in [0.25, 0.3) is 0 Å². The largest absolute Gasteiger partial charge is 0.497 e. The number of methoxy groups -OCH3 is 1. The lowest BCUT2D eigenvalue weighted by Gasteiger charge is -2.26. The molecule has 1 aromatic rings. The average molecular weight is 263 g/mol. The van der Waals surface area contributed by atoms with Crippen LogP contribution in [-0.4, -0.2) is 19.6 Å². The van der Waals surface area contributed by atoms with Gasteiger partial charge in [0, 0.05) is 18.4 Å². The smallest absolute Gasteiger partial charge is 0.220 e. The second-order valence-electron chi connectivity index (χ2n) is 5.99. The van der Waals surface area contributed by atoms with Crippen molar-refractivity contribution in [3.8, 4) is 5.75 Å². The summed E-state index contributed by atoms with van der Waals surface area (Å²) in [5, 5.41) is 3.01. The minimum Gasteiger partial charge on any atom is -0.497 e. The molecule has 3 heteroatoms. The maximum absolute atomic E-state index is 11.7. The van der Waals surface area contributed by atoms with Crippen LogP contribution in [0.1, 0.15) is 39.7 Å². The fraction of sp³-hybridized carbons (Fsp3) is 0.562. The molecule has 0 bridgehead atoms. The van der Waals surface area contributed by atoms with Crippen molar-refractivity contribution in [1.29, 1.82) is 0 Å². The van der Waals surface area contributed by atoms with Gasteiger partial charge in [0.05, 0.1) is 7.11 Å². The number of carbonyl (C=O) groups is 1. The zero-order valence-electron chi connectivity index (χ0n) is 12.6. The van der Waals surface area contributed by atoms with E-state index in [0.29, 0.717) is 18.9 Å². The van der Waals surface area contributed by atoms with Crippen LogP contribution in [0.15, 0.2) is 24.3 Å². The molecule has 0 atom stereocenters. The monoisotopic (exact) mass is 263 g/mol. The molecule has 1 aromatic carbocycles. The number of nitrogens with one attached hydrogen (secondary N) is 1. The fourth-order valence-corrected chi connectivity index (χ4v) is 1.91. The van der Waals surface area contributed by atoms with Gasteiger partial charge in [0.1, 0.15) is 5.75 Å². The van der Waals surface area contributed by atoms with Crippen LogP contribution in [-0.2, 0) is 10.2 Å². The summed E-state index contributed by atoms with van der Waals surface area (Å²) in [5.74, 6) is 1.36. The summed E-state index contributed by atoms with van der Waals surface area (Å²) in [7, 11) is 1.66. The van der Waals surface area contributed by atoms with Crippen molar-refractivity contribution in [2.75, 3.05) is 13.7 Å². The first-order chi connectivity index (χ1) is 8.85. The summed E-state index contributed by atoms with van der Waals surface area (Å²) in [6.45, 7) is 9.00. The number of amides is 1. The Bertz CT molecular complexity index is 407. The van der Waals surface area contributed by atoms with E-state index in [1.165, 1.54) is 5.56 Å². The van der Waals surface area contributed by atoms with Gasteiger partial charge in [-0.25, -0.2) is 0 Å². The van der Waals surface area contributed by atoms with Crippen LogP contribution >= 0.6 is 0 Å². The van der Waals surface area contributed by atoms with Crippen LogP contribution in [0.25, 0.3) is 0 Å². The summed E-state index contributed by atoms with van der Waals surface area (Å²) in [6.07, 6.45) is 0.582. The lowest BCUT2D eigenvalue weighted by molar-refractivity contribution is -0.122. The van der Waals surface area contributed by atoms with Gasteiger partial charge in [-0.2, -0.15) is 0 Å². The second-order valence-corrected chi connectivity index (χ2v) is 5.99. The maximum Gasteiger partial charge on any atom is 0.220 e. The van der Waals surface area contributed by atoms with Crippen LogP contribution in [0, 0.1) is 5.92 Å². The second kappa shape index (κ2) is 6.60. The first-order valence-electron chi connectivity index (χ1n) is 6.76. The average Bonchev–Trinajstić information content (AvgIpc) is 2.36. The summed E-state index contributed by atoms with van der Waals surface area (Å²) < 4.78 is 5.15. The van der Waals surface area contributed by atoms with Gasteiger partial charge in [-0.15, -0.1) is 0 Å². The Morgan fingerprint density at radius 3 is 2.32 bits per heavy atom. The Labute approximate surface area is 116 Å². The highest BCUT2D eigenvalue weighted by Crippen LogP contribution is 2.24. The quantitative estimate of drug-likeness (QED) is 0.856. The molecule has 0 fully saturated rings. The first kappa shape index (κ1) is 15.5. The molecule has 0 heterocycles. The molecule has 3 nitrogen and oxygen atoms in total. The van der Waals surface area contributed by atoms with Crippen LogP contribution in [0.3, 0.4) is 0 Å². The van der Waals surface area contributed by atoms with E-state index in [-0.39, 0.29) is 11.3 Å². The summed E-state index contributed by atoms with van der Waals surface area (Å²) in [4.78, 5) is 11.7. The standard InChI is InChI=1S/C16H25NO2/c1-12(2)10-15(18)17-11-16(3,4)13-6-8-14(19-5)9-7-13/h6-9,12H,10-11H2,1-5H3,(H,17,18). The van der Waals surface area contributed by atoms with Gasteiger partial charge in [0.2, 0.25) is 5.91 Å². The third-order valence-corrected chi connectivity index (χ3v) is 3.19. The number of hydrogen-bond acceptors (Lipinski definition) is 2. The predicted octanol–water partition coefficient (Wildman–Crippen LogP) is 3.14. The lowest BCUT2D eigenvalue weighted by atomic mass is 9.84. The number of benzene rings is 1. The third-order valence-electron chi connectivity index (χ3n) is 3.19. The van der Waals surface area contributed by atoms with Crippen molar-refractivity contribution in [2.45, 2.75) is 39.5 Å². The maximum atomic E-state index is 11.7. The van der Waals surface area contributed by atoms with Crippen molar-refractivity contribution in [3.05, 3.63) is 29.8 Å². The minimum atomic E-state index is -0.0844. The van der Waals surface area contributed by atoms with Gasteiger partial charge in [-0.1, -0.05) is 39.8 Å². The Morgan fingerprint density at radius 2 is 1.84 bits per heavy atom. The summed E-state index contributed by atoms with van der Waals surface area (Å²) in [6, 6.07) is 8.00. The molecule has 0 aliphatic rings. The lowest BCUT2D eigenvalue weighted by Crippen LogP contribution is -2.37. The number of hydrogen-bond donors (Lipinski definition) is 1. The molecule has 1 rings (SSSR count). The summed E-state index contributed by atoms with van der Waals surface area (Å²) >= 11 is 0. The molecule has 0 aromatic heterocycles. The van der Waals surface area contributed by atoms with Gasteiger partial charge in [0.15, 0.2) is 0 Å². The van der Waals surface area contributed by atoms with E-state index in [1.54, 1.807) is 7.11 Å². The van der Waals surface area contributed by atoms with E-state index >= 15 is 0 Å². The van der Waals surface area contributed by atoms with Gasteiger partial charge in [-0.05, 0) is 23.6 Å². The van der Waals surface area contributed by atoms with Crippen molar-refractivity contribution in [3.63, 3.8) is 0 Å². The van der Waals surface area contributed by atoms with E-state index in [4.69, 9.17) is 4.74 Å². The zero-order chi connectivity index (χ0) is 14.5. The van der Waals surface area contributed by atoms with Gasteiger partial charge in [-0.3, -0.25) is 4.79 Å². The van der Waals surface area contributed by atoms with Crippen molar-refractivity contribution in [1.82, 2.24) is 5.32 Å². The third kappa shape index (κ3) is 4.93. The Morgan fingerprint density at radius 1 is 1.26 bits per heavy atom. The molecule has 0 spiro atoms. The molecule has 0 radical (unpaired) electrons. The molecule has 0 saturated carbocycles. The molecular formula is C16H25NO2. The molecule has 1 amide bonds. The molecule has 19 heavy (non-hydrogen) atoms. The van der Waals surface area contributed by atoms with Crippen LogP contribution in [0.4, 0.5) is 0 Å². The van der Waals surface area contributed by atoms with E-state index in [0.717, 1.165) is 5.75 Å².